The van der Waals surface area contributed by atoms with Crippen molar-refractivity contribution in [3.63, 3.8) is 0 Å². The highest BCUT2D eigenvalue weighted by atomic mass is 19.1. The van der Waals surface area contributed by atoms with Gasteiger partial charge < -0.3 is 16.2 Å². The Morgan fingerprint density at radius 2 is 2.11 bits per heavy atom. The van der Waals surface area contributed by atoms with Crippen LogP contribution >= 0.6 is 0 Å². The molecule has 0 unspecified atom stereocenters. The molecule has 102 valence electrons. The van der Waals surface area contributed by atoms with Gasteiger partial charge in [-0.25, -0.2) is 9.18 Å². The number of hydrogen-bond acceptors (Lipinski definition) is 3. The number of benzene rings is 1. The number of carbonyl (C=O) groups is 2. The van der Waals surface area contributed by atoms with E-state index in [1.165, 1.54) is 12.1 Å². The van der Waals surface area contributed by atoms with E-state index in [1.807, 2.05) is 0 Å². The van der Waals surface area contributed by atoms with Crippen LogP contribution in [0.4, 0.5) is 10.1 Å². The zero-order valence-electron chi connectivity index (χ0n) is 10.3. The van der Waals surface area contributed by atoms with Gasteiger partial charge in [0.25, 0.3) is 0 Å². The maximum absolute atomic E-state index is 13.5. The minimum absolute atomic E-state index is 0.0303. The average Bonchev–Trinajstić information content (AvgIpc) is 2.27. The van der Waals surface area contributed by atoms with E-state index >= 15 is 0 Å². The minimum atomic E-state index is -1.41. The van der Waals surface area contributed by atoms with Gasteiger partial charge in [-0.2, -0.15) is 0 Å². The van der Waals surface area contributed by atoms with Crippen LogP contribution in [0.25, 0.3) is 0 Å². The Labute approximate surface area is 109 Å². The number of halogens is 1. The quantitative estimate of drug-likeness (QED) is 0.771. The summed E-state index contributed by atoms with van der Waals surface area (Å²) in [6, 6.07) is 3.77. The Balaban J connectivity index is 2.27. The van der Waals surface area contributed by atoms with Gasteiger partial charge in [-0.05, 0) is 25.0 Å². The molecule has 0 saturated heterocycles. The van der Waals surface area contributed by atoms with Crippen molar-refractivity contribution in [1.29, 1.82) is 0 Å². The summed E-state index contributed by atoms with van der Waals surface area (Å²) in [5.41, 5.74) is 4.41. The predicted molar refractivity (Wildman–Crippen MR) is 67.3 cm³/mol. The zero-order valence-corrected chi connectivity index (χ0v) is 10.3. The lowest BCUT2D eigenvalue weighted by Crippen LogP contribution is -2.47. The highest BCUT2D eigenvalue weighted by molar-refractivity contribution is 6.02. The first-order chi connectivity index (χ1) is 9.00. The first kappa shape index (κ1) is 13.5. The van der Waals surface area contributed by atoms with Crippen molar-refractivity contribution in [1.82, 2.24) is 0 Å². The molecule has 0 heterocycles. The van der Waals surface area contributed by atoms with E-state index < -0.39 is 22.8 Å². The summed E-state index contributed by atoms with van der Waals surface area (Å²) in [5.74, 6) is -2.63. The van der Waals surface area contributed by atoms with E-state index in [0.29, 0.717) is 12.8 Å². The lowest BCUT2D eigenvalue weighted by atomic mass is 9.68. The zero-order chi connectivity index (χ0) is 14.0. The van der Waals surface area contributed by atoms with Crippen LogP contribution in [-0.2, 0) is 4.79 Å². The predicted octanol–water partition coefficient (Wildman–Crippen LogP) is 1.59. The largest absolute Gasteiger partial charge is 0.478 e. The Morgan fingerprint density at radius 1 is 1.42 bits per heavy atom. The number of carboxylic acids is 1. The van der Waals surface area contributed by atoms with Crippen molar-refractivity contribution in [3.05, 3.63) is 29.6 Å². The summed E-state index contributed by atoms with van der Waals surface area (Å²) in [4.78, 5) is 23.1. The number of amides is 1. The number of nitrogens with two attached hydrogens (primary N) is 1. The number of carbonyl (C=O) groups excluding carboxylic acids is 1. The van der Waals surface area contributed by atoms with Crippen molar-refractivity contribution in [2.24, 2.45) is 11.1 Å². The molecular weight excluding hydrogens is 251 g/mol. The molecule has 19 heavy (non-hydrogen) atoms. The Kier molecular flexibility index (Phi) is 3.53. The molecule has 0 radical (unpaired) electrons. The molecule has 0 atom stereocenters. The monoisotopic (exact) mass is 266 g/mol. The number of hydrogen-bond donors (Lipinski definition) is 3. The van der Waals surface area contributed by atoms with Crippen molar-refractivity contribution in [2.75, 3.05) is 11.9 Å². The molecule has 1 aromatic carbocycles. The van der Waals surface area contributed by atoms with Crippen molar-refractivity contribution in [3.8, 4) is 0 Å². The van der Waals surface area contributed by atoms with Crippen LogP contribution in [0.5, 0.6) is 0 Å². The number of anilines is 1. The Bertz CT molecular complexity index is 521. The summed E-state index contributed by atoms with van der Waals surface area (Å²) in [6.45, 7) is 0.205. The van der Waals surface area contributed by atoms with E-state index in [9.17, 15) is 14.0 Å². The lowest BCUT2D eigenvalue weighted by molar-refractivity contribution is -0.129. The van der Waals surface area contributed by atoms with Gasteiger partial charge in [0.1, 0.15) is 11.4 Å². The highest BCUT2D eigenvalue weighted by Crippen LogP contribution is 2.41. The topological polar surface area (TPSA) is 92.4 Å². The summed E-state index contributed by atoms with van der Waals surface area (Å²) in [6.07, 6.45) is 2.26. The summed E-state index contributed by atoms with van der Waals surface area (Å²) >= 11 is 0. The van der Waals surface area contributed by atoms with Crippen LogP contribution in [0.3, 0.4) is 0 Å². The Morgan fingerprint density at radius 3 is 2.58 bits per heavy atom. The van der Waals surface area contributed by atoms with Crippen molar-refractivity contribution < 1.29 is 19.1 Å². The molecule has 1 aliphatic rings. The molecule has 1 fully saturated rings. The van der Waals surface area contributed by atoms with E-state index in [0.717, 1.165) is 12.5 Å². The summed E-state index contributed by atoms with van der Waals surface area (Å²) in [7, 11) is 0. The lowest BCUT2D eigenvalue weighted by Gasteiger charge is -2.39. The van der Waals surface area contributed by atoms with Crippen molar-refractivity contribution in [2.45, 2.75) is 19.3 Å². The molecule has 0 bridgehead atoms. The smallest absolute Gasteiger partial charge is 0.340 e. The molecule has 0 spiro atoms. The van der Waals surface area contributed by atoms with Crippen LogP contribution in [-0.4, -0.2) is 23.5 Å². The van der Waals surface area contributed by atoms with Crippen LogP contribution in [0.1, 0.15) is 29.6 Å². The molecule has 2 rings (SSSR count). The van der Waals surface area contributed by atoms with Gasteiger partial charge in [0.05, 0.1) is 11.1 Å². The molecule has 4 N–H and O–H groups in total. The van der Waals surface area contributed by atoms with Gasteiger partial charge in [0, 0.05) is 6.54 Å². The molecule has 0 aliphatic heterocycles. The third kappa shape index (κ3) is 2.31. The van der Waals surface area contributed by atoms with Crippen LogP contribution in [0, 0.1) is 11.2 Å². The second kappa shape index (κ2) is 4.97. The van der Waals surface area contributed by atoms with Gasteiger partial charge in [0.15, 0.2) is 0 Å². The fourth-order valence-electron chi connectivity index (χ4n) is 2.23. The van der Waals surface area contributed by atoms with Gasteiger partial charge >= 0.3 is 5.97 Å². The molecule has 1 aliphatic carbocycles. The molecule has 1 saturated carbocycles. The number of aromatic carboxylic acids is 1. The van der Waals surface area contributed by atoms with Gasteiger partial charge in [-0.1, -0.05) is 12.5 Å². The van der Waals surface area contributed by atoms with Crippen molar-refractivity contribution >= 4 is 17.6 Å². The normalized spacial score (nSPS) is 16.5. The van der Waals surface area contributed by atoms with Crippen LogP contribution in [0.2, 0.25) is 0 Å². The van der Waals surface area contributed by atoms with E-state index in [2.05, 4.69) is 5.32 Å². The van der Waals surface area contributed by atoms with Gasteiger partial charge in [-0.3, -0.25) is 4.79 Å². The summed E-state index contributed by atoms with van der Waals surface area (Å²) in [5, 5.41) is 11.5. The van der Waals surface area contributed by atoms with E-state index in [-0.39, 0.29) is 18.1 Å². The first-order valence-electron chi connectivity index (χ1n) is 6.03. The van der Waals surface area contributed by atoms with E-state index in [4.69, 9.17) is 10.8 Å². The third-order valence-corrected chi connectivity index (χ3v) is 3.66. The molecule has 5 nitrogen and oxygen atoms in total. The molecule has 0 aromatic heterocycles. The number of carboxylic acid groups (broad SMARTS) is 1. The van der Waals surface area contributed by atoms with E-state index in [1.54, 1.807) is 0 Å². The minimum Gasteiger partial charge on any atom is -0.478 e. The fraction of sp³-hybridized carbons (Fsp3) is 0.385. The average molecular weight is 266 g/mol. The fourth-order valence-corrected chi connectivity index (χ4v) is 2.23. The molecular formula is C13H15FN2O3. The molecule has 1 aromatic rings. The van der Waals surface area contributed by atoms with Gasteiger partial charge in [-0.15, -0.1) is 0 Å². The van der Waals surface area contributed by atoms with Gasteiger partial charge in [0.2, 0.25) is 5.91 Å². The maximum atomic E-state index is 13.5. The molecule has 1 amide bonds. The molecule has 6 heteroatoms. The van der Waals surface area contributed by atoms with Crippen LogP contribution < -0.4 is 11.1 Å². The van der Waals surface area contributed by atoms with Crippen LogP contribution in [0.15, 0.2) is 18.2 Å². The second-order valence-corrected chi connectivity index (χ2v) is 4.76. The number of nitrogens with one attached hydrogen (secondary N) is 1. The first-order valence-corrected chi connectivity index (χ1v) is 6.03. The summed E-state index contributed by atoms with van der Waals surface area (Å²) < 4.78 is 13.5. The SMILES string of the molecule is NCC1(C(=O)Nc2cccc(F)c2C(=O)O)CCC1. The Hall–Kier alpha value is -1.95. The standard InChI is InChI=1S/C13H15FN2O3/c14-8-3-1-4-9(10(8)11(17)18)16-12(19)13(7-15)5-2-6-13/h1,3-4H,2,5-7,15H2,(H,16,19)(H,17,18). The second-order valence-electron chi connectivity index (χ2n) is 4.76. The highest BCUT2D eigenvalue weighted by Gasteiger charge is 2.43. The maximum Gasteiger partial charge on any atom is 0.340 e. The third-order valence-electron chi connectivity index (χ3n) is 3.66. The number of rotatable bonds is 4.